The number of amides is 1. The average Bonchev–Trinajstić information content (AvgIpc) is 3.56. The predicted molar refractivity (Wildman–Crippen MR) is 203 cm³/mol. The van der Waals surface area contributed by atoms with Gasteiger partial charge in [0.1, 0.15) is 40.1 Å². The lowest BCUT2D eigenvalue weighted by atomic mass is 10.2. The molecule has 0 bridgehead atoms. The number of ether oxygens (including phenoxy) is 7. The van der Waals surface area contributed by atoms with Crippen molar-refractivity contribution in [3.8, 4) is 34.5 Å². The lowest BCUT2D eigenvalue weighted by Gasteiger charge is -2.36. The first-order valence-electron chi connectivity index (χ1n) is 16.3. The highest BCUT2D eigenvalue weighted by atomic mass is 31.1. The van der Waals surface area contributed by atoms with E-state index in [-0.39, 0.29) is 17.4 Å². The standard InChI is InChI=1S/C39H47NO8P2/c1-39(2,3)48-38(41)40-24-34(49(28-16-12-10-13-17-28)36-30(44-6)20-26(42-4)21-31(36)45-7)35(25-40)50(29-18-14-11-15-19-29)37-32(46-8)22-27(43-5)23-33(37)47-9/h10-23,34-35H,24-25H2,1-9H3/t34-,35-,49+,50?/m1/s1. The Balaban J connectivity index is 1.83. The SMILES string of the molecule is COc1cc(OC)c(P(c2ccccc2)[C@@H]2CN(C(=O)OC(C)(C)C)C[C@H]2[P@](c2ccccc2)c2c(OC)cc(OC)cc2OC)c(OC)c1. The number of rotatable bonds is 12. The molecule has 0 aliphatic carbocycles. The predicted octanol–water partition coefficient (Wildman–Crippen LogP) is 6.29. The highest BCUT2D eigenvalue weighted by molar-refractivity contribution is 7.78. The molecule has 9 nitrogen and oxygen atoms in total. The highest BCUT2D eigenvalue weighted by Gasteiger charge is 2.48. The molecular weight excluding hydrogens is 672 g/mol. The van der Waals surface area contributed by atoms with Crippen LogP contribution in [0, 0.1) is 0 Å². The van der Waals surface area contributed by atoms with E-state index >= 15 is 0 Å². The molecule has 1 aliphatic rings. The molecule has 1 heterocycles. The third kappa shape index (κ3) is 7.90. The van der Waals surface area contributed by atoms with Crippen LogP contribution < -0.4 is 49.6 Å². The van der Waals surface area contributed by atoms with Crippen LogP contribution in [0.4, 0.5) is 4.79 Å². The molecule has 5 rings (SSSR count). The molecule has 0 saturated carbocycles. The third-order valence-corrected chi connectivity index (χ3v) is 14.7. The van der Waals surface area contributed by atoms with Crippen LogP contribution in [0.3, 0.4) is 0 Å². The molecule has 1 aliphatic heterocycles. The first-order chi connectivity index (χ1) is 24.1. The lowest BCUT2D eigenvalue weighted by molar-refractivity contribution is 0.0296. The Morgan fingerprint density at radius 2 is 0.920 bits per heavy atom. The van der Waals surface area contributed by atoms with Gasteiger partial charge in [-0.25, -0.2) is 4.79 Å². The fourth-order valence-electron chi connectivity index (χ4n) is 6.35. The smallest absolute Gasteiger partial charge is 0.410 e. The van der Waals surface area contributed by atoms with Gasteiger partial charge in [0.15, 0.2) is 0 Å². The number of carbonyl (C=O) groups excluding carboxylic acids is 1. The Morgan fingerprint density at radius 1 is 0.580 bits per heavy atom. The molecule has 0 spiro atoms. The van der Waals surface area contributed by atoms with Crippen molar-refractivity contribution in [1.29, 1.82) is 0 Å². The Bertz CT molecular complexity index is 1580. The van der Waals surface area contributed by atoms with Crippen molar-refractivity contribution in [3.05, 3.63) is 84.9 Å². The van der Waals surface area contributed by atoms with E-state index in [1.807, 2.05) is 62.1 Å². The van der Waals surface area contributed by atoms with Gasteiger partial charge in [0.25, 0.3) is 0 Å². The van der Waals surface area contributed by atoms with E-state index in [0.717, 1.165) is 21.2 Å². The lowest BCUT2D eigenvalue weighted by Crippen LogP contribution is -2.36. The number of likely N-dealkylation sites (tertiary alicyclic amines) is 1. The maximum Gasteiger partial charge on any atom is 0.410 e. The second-order valence-corrected chi connectivity index (χ2v) is 17.4. The van der Waals surface area contributed by atoms with Gasteiger partial charge in [-0.05, 0) is 47.2 Å². The van der Waals surface area contributed by atoms with Crippen LogP contribution in [-0.2, 0) is 4.74 Å². The molecule has 4 atom stereocenters. The first kappa shape index (κ1) is 37.1. The summed E-state index contributed by atoms with van der Waals surface area (Å²) in [6, 6.07) is 28.5. The fraction of sp³-hybridized carbons (Fsp3) is 0.359. The highest BCUT2D eigenvalue weighted by Crippen LogP contribution is 2.58. The third-order valence-electron chi connectivity index (χ3n) is 8.50. The Labute approximate surface area is 298 Å². The second-order valence-electron chi connectivity index (χ2n) is 12.7. The molecule has 1 saturated heterocycles. The maximum absolute atomic E-state index is 14.0. The molecule has 0 N–H and O–H groups in total. The van der Waals surface area contributed by atoms with Gasteiger partial charge in [0.2, 0.25) is 0 Å². The second kappa shape index (κ2) is 16.2. The summed E-state index contributed by atoms with van der Waals surface area (Å²) in [5, 5.41) is 4.13. The number of methoxy groups -OCH3 is 6. The Kier molecular flexibility index (Phi) is 12.0. The summed E-state index contributed by atoms with van der Waals surface area (Å²) in [6.07, 6.45) is -0.349. The van der Waals surface area contributed by atoms with Gasteiger partial charge in [-0.15, -0.1) is 0 Å². The molecule has 0 radical (unpaired) electrons. The van der Waals surface area contributed by atoms with Crippen LogP contribution in [0.25, 0.3) is 0 Å². The number of nitrogens with zero attached hydrogens (tertiary/aromatic N) is 1. The quantitative estimate of drug-likeness (QED) is 0.158. The van der Waals surface area contributed by atoms with Gasteiger partial charge < -0.3 is 38.1 Å². The minimum Gasteiger partial charge on any atom is -0.496 e. The van der Waals surface area contributed by atoms with Crippen LogP contribution in [-0.4, -0.2) is 83.7 Å². The molecule has 0 aromatic heterocycles. The minimum absolute atomic E-state index is 0.0843. The van der Waals surface area contributed by atoms with Gasteiger partial charge in [0.05, 0.1) is 53.3 Å². The van der Waals surface area contributed by atoms with E-state index in [1.165, 1.54) is 0 Å². The van der Waals surface area contributed by atoms with E-state index in [2.05, 4.69) is 48.5 Å². The average molecular weight is 720 g/mol. The molecule has 266 valence electrons. The molecule has 11 heteroatoms. The van der Waals surface area contributed by atoms with Gasteiger partial charge in [-0.2, -0.15) is 0 Å². The maximum atomic E-state index is 14.0. The zero-order valence-electron chi connectivity index (χ0n) is 30.3. The molecule has 4 aromatic carbocycles. The number of carbonyl (C=O) groups is 1. The van der Waals surface area contributed by atoms with Gasteiger partial charge >= 0.3 is 6.09 Å². The molecule has 50 heavy (non-hydrogen) atoms. The van der Waals surface area contributed by atoms with E-state index < -0.39 is 21.4 Å². The van der Waals surface area contributed by atoms with Crippen molar-refractivity contribution in [2.75, 3.05) is 55.7 Å². The van der Waals surface area contributed by atoms with E-state index in [4.69, 9.17) is 33.2 Å². The molecule has 1 fully saturated rings. The summed E-state index contributed by atoms with van der Waals surface area (Å²) < 4.78 is 41.7. The van der Waals surface area contributed by atoms with E-state index in [1.54, 1.807) is 42.7 Å². The molecule has 4 aromatic rings. The van der Waals surface area contributed by atoms with Crippen molar-refractivity contribution >= 4 is 43.2 Å². The van der Waals surface area contributed by atoms with E-state index in [0.29, 0.717) is 47.6 Å². The zero-order chi connectivity index (χ0) is 36.0. The summed E-state index contributed by atoms with van der Waals surface area (Å²) >= 11 is 0. The van der Waals surface area contributed by atoms with Crippen molar-refractivity contribution < 1.29 is 38.0 Å². The van der Waals surface area contributed by atoms with Crippen LogP contribution in [0.5, 0.6) is 34.5 Å². The summed E-state index contributed by atoms with van der Waals surface area (Å²) in [4.78, 5) is 15.9. The topological polar surface area (TPSA) is 84.9 Å². The van der Waals surface area contributed by atoms with Gasteiger partial charge in [0, 0.05) is 48.7 Å². The zero-order valence-corrected chi connectivity index (χ0v) is 32.0. The molecule has 1 unspecified atom stereocenters. The summed E-state index contributed by atoms with van der Waals surface area (Å²) in [5.74, 6) is 3.90. The van der Waals surface area contributed by atoms with Gasteiger partial charge in [-0.3, -0.25) is 0 Å². The van der Waals surface area contributed by atoms with Crippen LogP contribution in [0.15, 0.2) is 84.9 Å². The number of hydrogen-bond acceptors (Lipinski definition) is 8. The van der Waals surface area contributed by atoms with Gasteiger partial charge in [-0.1, -0.05) is 60.7 Å². The van der Waals surface area contributed by atoms with Crippen LogP contribution in [0.1, 0.15) is 20.8 Å². The fourth-order valence-corrected chi connectivity index (χ4v) is 13.3. The van der Waals surface area contributed by atoms with E-state index in [9.17, 15) is 4.79 Å². The summed E-state index contributed by atoms with van der Waals surface area (Å²) in [5.41, 5.74) is -0.831. The minimum atomic E-state index is -1.24. The Hall–Kier alpha value is -4.19. The monoisotopic (exact) mass is 719 g/mol. The van der Waals surface area contributed by atoms with Crippen molar-refractivity contribution in [1.82, 2.24) is 4.90 Å². The van der Waals surface area contributed by atoms with Crippen molar-refractivity contribution in [2.45, 2.75) is 37.7 Å². The number of benzene rings is 4. The molecule has 1 amide bonds. The first-order valence-corrected chi connectivity index (χ1v) is 19.2. The Morgan fingerprint density at radius 3 is 1.20 bits per heavy atom. The number of hydrogen-bond donors (Lipinski definition) is 0. The van der Waals surface area contributed by atoms with Crippen molar-refractivity contribution in [3.63, 3.8) is 0 Å². The normalized spacial score (nSPS) is 17.0. The molecular formula is C39H47NO8P2. The largest absolute Gasteiger partial charge is 0.496 e. The van der Waals surface area contributed by atoms with Crippen molar-refractivity contribution in [2.24, 2.45) is 0 Å². The summed E-state index contributed by atoms with van der Waals surface area (Å²) in [7, 11) is 7.43. The summed E-state index contributed by atoms with van der Waals surface area (Å²) in [6.45, 7) is 6.58. The van der Waals surface area contributed by atoms with Crippen LogP contribution in [0.2, 0.25) is 0 Å². The van der Waals surface area contributed by atoms with Crippen LogP contribution >= 0.6 is 15.8 Å².